The van der Waals surface area contributed by atoms with Crippen LogP contribution < -0.4 is 10.2 Å². The number of quaternary nitrogens is 1. The summed E-state index contributed by atoms with van der Waals surface area (Å²) >= 11 is 0. The molecule has 0 aliphatic rings. The molecule has 0 spiro atoms. The van der Waals surface area contributed by atoms with Crippen LogP contribution in [0.2, 0.25) is 0 Å². The topological polar surface area (TPSA) is 114 Å². The highest BCUT2D eigenvalue weighted by molar-refractivity contribution is 7.45. The highest BCUT2D eigenvalue weighted by Crippen LogP contribution is 2.38. The second-order valence-corrected chi connectivity index (χ2v) is 22.0. The molecule has 0 aromatic heterocycles. The van der Waals surface area contributed by atoms with Crippen LogP contribution in [-0.2, 0) is 27.9 Å². The van der Waals surface area contributed by atoms with Crippen LogP contribution in [0.5, 0.6) is 0 Å². The molecule has 3 atom stereocenters. The first-order valence-electron chi connectivity index (χ1n) is 29.4. The smallest absolute Gasteiger partial charge is 0.306 e. The van der Waals surface area contributed by atoms with Crippen molar-refractivity contribution >= 4 is 19.7 Å². The van der Waals surface area contributed by atoms with Crippen LogP contribution in [0.1, 0.15) is 220 Å². The number of nitrogens with one attached hydrogen (secondary N) is 1. The zero-order valence-corrected chi connectivity index (χ0v) is 48.9. The predicted molar refractivity (Wildman–Crippen MR) is 316 cm³/mol. The van der Waals surface area contributed by atoms with Gasteiger partial charge in [-0.15, -0.1) is 0 Å². The van der Waals surface area contributed by atoms with E-state index in [2.05, 4.69) is 74.7 Å². The third-order valence-corrected chi connectivity index (χ3v) is 13.3. The summed E-state index contributed by atoms with van der Waals surface area (Å²) in [5.74, 6) is -0.617. The predicted octanol–water partition coefficient (Wildman–Crippen LogP) is 17.3. The molecule has 1 amide bonds. The van der Waals surface area contributed by atoms with Crippen molar-refractivity contribution in [3.63, 3.8) is 0 Å². The number of carbonyl (C=O) groups excluding carboxylic acids is 2. The number of hydrogen-bond acceptors (Lipinski definition) is 7. The van der Waals surface area contributed by atoms with Gasteiger partial charge in [0, 0.05) is 12.8 Å². The van der Waals surface area contributed by atoms with Crippen molar-refractivity contribution in [3.8, 4) is 0 Å². The lowest BCUT2D eigenvalue weighted by molar-refractivity contribution is -0.870. The van der Waals surface area contributed by atoms with Crippen molar-refractivity contribution in [2.75, 3.05) is 40.9 Å². The number of rotatable bonds is 51. The quantitative estimate of drug-likeness (QED) is 0.0161. The van der Waals surface area contributed by atoms with Crippen LogP contribution in [0.25, 0.3) is 0 Å². The molecule has 0 radical (unpaired) electrons. The van der Waals surface area contributed by atoms with Crippen molar-refractivity contribution in [1.82, 2.24) is 5.32 Å². The molecular weight excluding hydrogens is 940 g/mol. The minimum atomic E-state index is -4.72. The Bertz CT molecular complexity index is 1680. The number of carbonyl (C=O) groups is 2. The van der Waals surface area contributed by atoms with Crippen molar-refractivity contribution < 1.29 is 37.3 Å². The number of amides is 1. The van der Waals surface area contributed by atoms with Gasteiger partial charge in [-0.3, -0.25) is 14.2 Å². The molecule has 0 heterocycles. The summed E-state index contributed by atoms with van der Waals surface area (Å²) in [5, 5.41) is 3.00. The van der Waals surface area contributed by atoms with Crippen molar-refractivity contribution in [3.05, 3.63) is 122 Å². The lowest BCUT2D eigenvalue weighted by Gasteiger charge is -2.30. The minimum absolute atomic E-state index is 0.0397. The van der Waals surface area contributed by atoms with E-state index in [0.29, 0.717) is 23.9 Å². The molecule has 0 bridgehead atoms. The Morgan fingerprint density at radius 1 is 0.500 bits per heavy atom. The number of phosphoric ester groups is 1. The van der Waals surface area contributed by atoms with E-state index >= 15 is 0 Å². The minimum Gasteiger partial charge on any atom is -0.756 e. The number of esters is 1. The van der Waals surface area contributed by atoms with Gasteiger partial charge < -0.3 is 28.5 Å². The first-order valence-corrected chi connectivity index (χ1v) is 30.9. The average molecular weight is 1050 g/mol. The van der Waals surface area contributed by atoms with Gasteiger partial charge in [-0.25, -0.2) is 0 Å². The lowest BCUT2D eigenvalue weighted by Crippen LogP contribution is -2.47. The summed E-state index contributed by atoms with van der Waals surface area (Å²) in [7, 11) is 1.13. The molecule has 0 aliphatic heterocycles. The molecule has 0 rings (SSSR count). The Morgan fingerprint density at radius 2 is 0.919 bits per heavy atom. The molecule has 0 aromatic rings. The van der Waals surface area contributed by atoms with E-state index in [-0.39, 0.29) is 25.4 Å². The van der Waals surface area contributed by atoms with E-state index in [1.807, 2.05) is 94.1 Å². The van der Waals surface area contributed by atoms with E-state index in [1.165, 1.54) is 77.0 Å². The standard InChI is InChI=1S/C64H109N2O7P/c1-7-10-13-16-19-22-25-28-30-32-33-35-36-38-41-44-47-50-53-56-63(67)65-61(60-72-74(69,70)71-59-58-66(4,5)6)62(55-52-49-46-43-40-27-24-21-18-15-12-9-3)73-64(68)57-54-51-48-45-42-39-37-34-31-29-26-23-20-17-14-11-8-2/h11,14,17,19-20,22-23,26,28-31,33-35,37,39,42,52,55,61-62H,7-10,12-13,15-16,18,21,24-25,27,32,36,38,40-41,43-51,53-54,56-60H2,1-6H3,(H-,65,67,69,70)/b14-11-,20-17+,22-19-,26-23+,30-28-,31-29-,35-33-,37-34+,42-39+,55-52+. The Hall–Kier alpha value is -3.59. The van der Waals surface area contributed by atoms with E-state index in [1.54, 1.807) is 0 Å². The Balaban J connectivity index is 5.44. The normalized spacial score (nSPS) is 14.6. The molecule has 0 saturated carbocycles. The Kier molecular flexibility index (Phi) is 50.3. The number of likely N-dealkylation sites (N-methyl/N-ethyl adjacent to an activating group) is 1. The van der Waals surface area contributed by atoms with Crippen LogP contribution in [0.3, 0.4) is 0 Å². The van der Waals surface area contributed by atoms with Gasteiger partial charge in [-0.2, -0.15) is 0 Å². The number of ether oxygens (including phenoxy) is 1. The first-order chi connectivity index (χ1) is 35.9. The third kappa shape index (κ3) is 53.2. The SMILES string of the molecule is CC\C=C/C=C/C=C/C=C\C=C\C=C\CCCCCC(=O)OC(/C=C/CCCCCCCCCCCC)C(COP(=O)([O-])OCC[N+](C)(C)C)NC(=O)CCCCCCCC/C=C\C/C=C\C/C=C\CCCCC. The average Bonchev–Trinajstić information content (AvgIpc) is 3.36. The maximum atomic E-state index is 13.5. The Morgan fingerprint density at radius 3 is 1.46 bits per heavy atom. The van der Waals surface area contributed by atoms with Gasteiger partial charge in [0.1, 0.15) is 19.3 Å². The largest absolute Gasteiger partial charge is 0.756 e. The molecule has 0 fully saturated rings. The molecule has 422 valence electrons. The fourth-order valence-electron chi connectivity index (χ4n) is 7.73. The fourth-order valence-corrected chi connectivity index (χ4v) is 8.46. The van der Waals surface area contributed by atoms with Gasteiger partial charge in [-0.1, -0.05) is 239 Å². The van der Waals surface area contributed by atoms with Crippen LogP contribution in [-0.4, -0.2) is 69.4 Å². The summed E-state index contributed by atoms with van der Waals surface area (Å²) in [6.07, 6.45) is 73.0. The van der Waals surface area contributed by atoms with E-state index in [9.17, 15) is 19.0 Å². The first kappa shape index (κ1) is 70.4. The molecule has 9 nitrogen and oxygen atoms in total. The molecule has 10 heteroatoms. The number of unbranched alkanes of at least 4 members (excludes halogenated alkanes) is 22. The molecular formula is C64H109N2O7P. The van der Waals surface area contributed by atoms with E-state index in [0.717, 1.165) is 96.3 Å². The monoisotopic (exact) mass is 1050 g/mol. The van der Waals surface area contributed by atoms with Gasteiger partial charge in [0.25, 0.3) is 7.82 Å². The molecule has 3 unspecified atom stereocenters. The van der Waals surface area contributed by atoms with Gasteiger partial charge in [0.2, 0.25) is 5.91 Å². The maximum Gasteiger partial charge on any atom is 0.306 e. The second kappa shape index (κ2) is 52.8. The number of phosphoric acid groups is 1. The van der Waals surface area contributed by atoms with E-state index < -0.39 is 32.5 Å². The molecule has 0 saturated heterocycles. The summed E-state index contributed by atoms with van der Waals surface area (Å²) in [6, 6.07) is -0.922. The van der Waals surface area contributed by atoms with Crippen molar-refractivity contribution in [2.45, 2.75) is 232 Å². The van der Waals surface area contributed by atoms with Gasteiger partial charge in [-0.05, 0) is 89.5 Å². The zero-order valence-electron chi connectivity index (χ0n) is 48.0. The number of nitrogens with zero attached hydrogens (tertiary/aromatic N) is 1. The highest BCUT2D eigenvalue weighted by atomic mass is 31.2. The molecule has 0 aromatic carbocycles. The van der Waals surface area contributed by atoms with Gasteiger partial charge in [0.05, 0.1) is 33.8 Å². The Labute approximate surface area is 454 Å². The van der Waals surface area contributed by atoms with Crippen LogP contribution in [0.4, 0.5) is 0 Å². The van der Waals surface area contributed by atoms with Crippen molar-refractivity contribution in [2.24, 2.45) is 0 Å². The van der Waals surface area contributed by atoms with Crippen molar-refractivity contribution in [1.29, 1.82) is 0 Å². The molecule has 1 N–H and O–H groups in total. The lowest BCUT2D eigenvalue weighted by atomic mass is 10.0. The third-order valence-electron chi connectivity index (χ3n) is 12.3. The maximum absolute atomic E-state index is 13.5. The van der Waals surface area contributed by atoms with Gasteiger partial charge >= 0.3 is 5.97 Å². The highest BCUT2D eigenvalue weighted by Gasteiger charge is 2.27. The fraction of sp³-hybridized carbons (Fsp3) is 0.656. The summed E-state index contributed by atoms with van der Waals surface area (Å²) in [6.45, 7) is 6.60. The summed E-state index contributed by atoms with van der Waals surface area (Å²) in [5.41, 5.74) is 0. The second-order valence-electron chi connectivity index (χ2n) is 20.6. The summed E-state index contributed by atoms with van der Waals surface area (Å²) in [4.78, 5) is 39.9. The zero-order chi connectivity index (χ0) is 54.3. The van der Waals surface area contributed by atoms with Gasteiger partial charge in [0.15, 0.2) is 0 Å². The molecule has 74 heavy (non-hydrogen) atoms. The van der Waals surface area contributed by atoms with Crippen LogP contribution in [0, 0.1) is 0 Å². The molecule has 0 aliphatic carbocycles. The van der Waals surface area contributed by atoms with E-state index in [4.69, 9.17) is 13.8 Å². The number of hydrogen-bond donors (Lipinski definition) is 1. The number of allylic oxidation sites excluding steroid dienone is 19. The van der Waals surface area contributed by atoms with Crippen LogP contribution in [0.15, 0.2) is 122 Å². The summed E-state index contributed by atoms with van der Waals surface area (Å²) < 4.78 is 30.2. The van der Waals surface area contributed by atoms with Crippen LogP contribution >= 0.6 is 7.82 Å².